The van der Waals surface area contributed by atoms with Gasteiger partial charge in [-0.3, -0.25) is 0 Å². The monoisotopic (exact) mass is 431 g/mol. The molecular formula is C10H6F6IO4-. The van der Waals surface area contributed by atoms with Gasteiger partial charge in [0.15, 0.2) is 0 Å². The molecule has 0 radical (unpaired) electrons. The molecule has 1 rings (SSSR count). The Kier molecular flexibility index (Phi) is 8.06. The van der Waals surface area contributed by atoms with Crippen LogP contribution in [0.25, 0.3) is 0 Å². The van der Waals surface area contributed by atoms with Crippen molar-refractivity contribution in [2.75, 3.05) is 0 Å². The van der Waals surface area contributed by atoms with Gasteiger partial charge in [0.2, 0.25) is 0 Å². The van der Waals surface area contributed by atoms with Gasteiger partial charge < -0.3 is 0 Å². The summed E-state index contributed by atoms with van der Waals surface area (Å²) in [5.74, 6) is -5.41. The Balaban J connectivity index is 0.000000547. The van der Waals surface area contributed by atoms with E-state index in [9.17, 15) is 35.9 Å². The van der Waals surface area contributed by atoms with Crippen molar-refractivity contribution in [2.24, 2.45) is 0 Å². The molecule has 0 aliphatic rings. The van der Waals surface area contributed by atoms with Crippen LogP contribution in [0.2, 0.25) is 0 Å². The zero-order chi connectivity index (χ0) is 16.5. The molecule has 0 heterocycles. The van der Waals surface area contributed by atoms with Crippen LogP contribution in [0.3, 0.4) is 0 Å². The molecule has 0 atom stereocenters. The minimum absolute atomic E-state index is 2.00. The van der Waals surface area contributed by atoms with Crippen molar-refractivity contribution < 1.29 is 64.1 Å². The van der Waals surface area contributed by atoms with Crippen LogP contribution in [0.1, 0.15) is 0 Å². The van der Waals surface area contributed by atoms with Crippen molar-refractivity contribution in [3.8, 4) is 0 Å². The van der Waals surface area contributed by atoms with E-state index in [2.05, 4.69) is 6.13 Å². The quantitative estimate of drug-likeness (QED) is 0.482. The van der Waals surface area contributed by atoms with Crippen molar-refractivity contribution in [1.82, 2.24) is 0 Å². The van der Waals surface area contributed by atoms with Crippen LogP contribution in [-0.4, -0.2) is 24.3 Å². The molecule has 21 heavy (non-hydrogen) atoms. The third-order valence-corrected chi connectivity index (χ3v) is 2.49. The summed E-state index contributed by atoms with van der Waals surface area (Å²) in [5, 5.41) is 0. The van der Waals surface area contributed by atoms with Crippen molar-refractivity contribution >= 4 is 11.9 Å². The zero-order valence-electron chi connectivity index (χ0n) is 9.74. The minimum Gasteiger partial charge on any atom is -0.0623 e. The van der Waals surface area contributed by atoms with Crippen molar-refractivity contribution in [3.05, 3.63) is 36.4 Å². The van der Waals surface area contributed by atoms with E-state index in [0.717, 1.165) is 0 Å². The molecular weight excluding hydrogens is 425 g/mol. The predicted octanol–water partition coefficient (Wildman–Crippen LogP) is -0.197. The van der Waals surface area contributed by atoms with E-state index in [1.54, 1.807) is 0 Å². The number of halogens is 7. The number of hydrogen-bond donors (Lipinski definition) is 0. The summed E-state index contributed by atoms with van der Waals surface area (Å²) in [6.45, 7) is 0. The molecule has 0 aliphatic carbocycles. The number of carbonyl (C=O) groups is 2. The van der Waals surface area contributed by atoms with Crippen LogP contribution in [0.15, 0.2) is 36.4 Å². The topological polar surface area (TPSA) is 52.6 Å². The van der Waals surface area contributed by atoms with Gasteiger partial charge >= 0.3 is 88.4 Å². The van der Waals surface area contributed by atoms with Crippen molar-refractivity contribution in [1.29, 1.82) is 0 Å². The Morgan fingerprint density at radius 2 is 0.905 bits per heavy atom. The number of benzene rings is 1. The van der Waals surface area contributed by atoms with Crippen molar-refractivity contribution in [3.63, 3.8) is 0 Å². The van der Waals surface area contributed by atoms with Gasteiger partial charge in [-0.25, -0.2) is 0 Å². The summed E-state index contributed by atoms with van der Waals surface area (Å²) < 4.78 is 74.9. The molecule has 0 bridgehead atoms. The van der Waals surface area contributed by atoms with E-state index in [1.807, 2.05) is 36.4 Å². The maximum atomic E-state index is 11.4. The van der Waals surface area contributed by atoms with Gasteiger partial charge in [0.05, 0.1) is 0 Å². The standard InChI is InChI=1S/C6H6.C4F6IO4/c1-2-4-6-5-3-1;5-3(6,7)1(12)14-11-15-2(13)4(8,9)10/h1-6H;/q;-1. The number of carbonyl (C=O) groups excluding carboxylic acids is 2. The Morgan fingerprint density at radius 1 is 0.667 bits per heavy atom. The largest absolute Gasteiger partial charge is 0.0623 e. The van der Waals surface area contributed by atoms with Gasteiger partial charge in [-0.2, -0.15) is 0 Å². The first-order valence-corrected chi connectivity index (χ1v) is 6.52. The molecule has 11 heteroatoms. The maximum Gasteiger partial charge on any atom is -0.0623 e. The van der Waals surface area contributed by atoms with E-state index in [-0.39, 0.29) is 0 Å². The third kappa shape index (κ3) is 9.92. The van der Waals surface area contributed by atoms with Gasteiger partial charge in [0.25, 0.3) is 0 Å². The normalized spacial score (nSPS) is 11.1. The van der Waals surface area contributed by atoms with Gasteiger partial charge in [0, 0.05) is 0 Å². The van der Waals surface area contributed by atoms with Gasteiger partial charge in [-0.05, 0) is 0 Å². The molecule has 0 aliphatic heterocycles. The number of alkyl halides is 6. The molecule has 0 spiro atoms. The van der Waals surface area contributed by atoms with Crippen LogP contribution < -0.4 is 22.0 Å². The second kappa shape index (κ2) is 8.69. The summed E-state index contributed by atoms with van der Waals surface area (Å²) in [4.78, 5) is 19.8. The molecule has 120 valence electrons. The summed E-state index contributed by atoms with van der Waals surface area (Å²) >= 11 is -2.73. The molecule has 0 fully saturated rings. The second-order valence-corrected chi connectivity index (χ2v) is 4.18. The zero-order valence-corrected chi connectivity index (χ0v) is 11.9. The molecule has 0 amide bonds. The molecule has 1 aromatic rings. The average Bonchev–Trinajstić information content (AvgIpc) is 2.39. The first-order valence-electron chi connectivity index (χ1n) is 4.76. The number of hydrogen-bond acceptors (Lipinski definition) is 4. The van der Waals surface area contributed by atoms with E-state index in [4.69, 9.17) is 0 Å². The first-order chi connectivity index (χ1) is 9.55. The van der Waals surface area contributed by atoms with E-state index >= 15 is 0 Å². The summed E-state index contributed by atoms with van der Waals surface area (Å²) in [5.41, 5.74) is 0. The molecule has 0 N–H and O–H groups in total. The average molecular weight is 431 g/mol. The Labute approximate surface area is 125 Å². The fourth-order valence-corrected chi connectivity index (χ4v) is 1.46. The van der Waals surface area contributed by atoms with Gasteiger partial charge in [-0.15, -0.1) is 0 Å². The second-order valence-electron chi connectivity index (χ2n) is 2.94. The van der Waals surface area contributed by atoms with Crippen molar-refractivity contribution in [2.45, 2.75) is 12.4 Å². The Hall–Kier alpha value is -1.53. The predicted molar refractivity (Wildman–Crippen MR) is 50.7 cm³/mol. The fraction of sp³-hybridized carbons (Fsp3) is 0.200. The molecule has 0 saturated heterocycles. The van der Waals surface area contributed by atoms with E-state index in [0.29, 0.717) is 0 Å². The fourth-order valence-electron chi connectivity index (χ4n) is 0.545. The smallest absolute Gasteiger partial charge is 0.0623 e. The summed E-state index contributed by atoms with van der Waals surface area (Å²) in [6, 6.07) is 12.0. The Morgan fingerprint density at radius 3 is 1.10 bits per heavy atom. The summed E-state index contributed by atoms with van der Waals surface area (Å²) in [7, 11) is 0. The third-order valence-electron chi connectivity index (χ3n) is 1.33. The molecule has 0 unspecified atom stereocenters. The van der Waals surface area contributed by atoms with Crippen LogP contribution in [0.4, 0.5) is 26.3 Å². The first kappa shape index (κ1) is 19.5. The van der Waals surface area contributed by atoms with Gasteiger partial charge in [0.1, 0.15) is 0 Å². The number of rotatable bonds is 2. The van der Waals surface area contributed by atoms with E-state index in [1.165, 1.54) is 0 Å². The van der Waals surface area contributed by atoms with Crippen LogP contribution in [0.5, 0.6) is 0 Å². The van der Waals surface area contributed by atoms with Crippen LogP contribution in [-0.2, 0) is 15.7 Å². The van der Waals surface area contributed by atoms with Gasteiger partial charge in [-0.1, -0.05) is 36.4 Å². The molecule has 1 aromatic carbocycles. The van der Waals surface area contributed by atoms with Crippen LogP contribution >= 0.6 is 0 Å². The summed E-state index contributed by atoms with van der Waals surface area (Å²) in [6.07, 6.45) is -10.7. The molecule has 0 aromatic heterocycles. The SMILES string of the molecule is O=C(O[I-]OC(=O)C(F)(F)F)C(F)(F)F.c1ccccc1. The molecule has 0 saturated carbocycles. The Bertz CT molecular complexity index is 392. The minimum atomic E-state index is -5.33. The maximum absolute atomic E-state index is 11.4. The van der Waals surface area contributed by atoms with Crippen LogP contribution in [0, 0.1) is 0 Å². The van der Waals surface area contributed by atoms with E-state index < -0.39 is 46.3 Å². The molecule has 4 nitrogen and oxygen atoms in total.